The van der Waals surface area contributed by atoms with Crippen molar-refractivity contribution in [1.82, 2.24) is 20.3 Å². The van der Waals surface area contributed by atoms with Gasteiger partial charge in [-0.3, -0.25) is 15.2 Å². The number of carbonyl (C=O) groups excluding carboxylic acids is 1. The molecule has 0 aliphatic carbocycles. The molecule has 7 nitrogen and oxygen atoms in total. The van der Waals surface area contributed by atoms with E-state index in [2.05, 4.69) is 25.7 Å². The lowest BCUT2D eigenvalue weighted by molar-refractivity contribution is 0.101. The summed E-state index contributed by atoms with van der Waals surface area (Å²) in [4.78, 5) is 16.1. The highest BCUT2D eigenvalue weighted by Crippen LogP contribution is 2.19. The minimum absolute atomic E-state index is 0.0818. The van der Waals surface area contributed by atoms with Gasteiger partial charge in [-0.25, -0.2) is 4.98 Å². The van der Waals surface area contributed by atoms with Gasteiger partial charge in [-0.15, -0.1) is 5.10 Å². The molecule has 2 aromatic heterocycles. The molecule has 2 rings (SSSR count). The molecular weight excluding hydrogens is 246 g/mol. The Kier molecular flexibility index (Phi) is 3.13. The molecule has 0 aliphatic heterocycles. The Morgan fingerprint density at radius 2 is 2.00 bits per heavy atom. The van der Waals surface area contributed by atoms with Crippen LogP contribution in [0.25, 0.3) is 0 Å². The number of rotatable bonds is 2. The Morgan fingerprint density at radius 1 is 1.32 bits per heavy atom. The summed E-state index contributed by atoms with van der Waals surface area (Å²) in [5.74, 6) is 0.636. The van der Waals surface area contributed by atoms with Crippen molar-refractivity contribution in [3.8, 4) is 0 Å². The number of aromatic amines is 1. The van der Waals surface area contributed by atoms with Crippen LogP contribution in [0.2, 0.25) is 0 Å². The molecular formula is C12H17N5O2. The first-order chi connectivity index (χ1) is 8.79. The summed E-state index contributed by atoms with van der Waals surface area (Å²) in [6.07, 6.45) is 0. The maximum atomic E-state index is 12.0. The number of hydrogen-bond donors (Lipinski definition) is 2. The van der Waals surface area contributed by atoms with Crippen LogP contribution in [0.5, 0.6) is 0 Å². The Hall–Kier alpha value is -2.18. The molecule has 0 atom stereocenters. The van der Waals surface area contributed by atoms with Crippen molar-refractivity contribution < 1.29 is 9.32 Å². The number of aryl methyl sites for hydroxylation is 1. The molecule has 7 heteroatoms. The Labute approximate surface area is 110 Å². The van der Waals surface area contributed by atoms with Crippen molar-refractivity contribution in [3.63, 3.8) is 0 Å². The van der Waals surface area contributed by atoms with Crippen molar-refractivity contribution in [2.24, 2.45) is 0 Å². The normalized spacial score (nSPS) is 11.6. The van der Waals surface area contributed by atoms with E-state index in [0.717, 1.165) is 11.3 Å². The summed E-state index contributed by atoms with van der Waals surface area (Å²) in [5, 5.41) is 13.0. The molecule has 0 radical (unpaired) electrons. The van der Waals surface area contributed by atoms with Gasteiger partial charge in [0.15, 0.2) is 0 Å². The predicted molar refractivity (Wildman–Crippen MR) is 69.0 cm³/mol. The first-order valence-corrected chi connectivity index (χ1v) is 5.96. The Bertz CT molecular complexity index is 606. The molecule has 102 valence electrons. The first kappa shape index (κ1) is 13.3. The van der Waals surface area contributed by atoms with E-state index in [0.29, 0.717) is 11.7 Å². The van der Waals surface area contributed by atoms with Crippen molar-refractivity contribution in [2.45, 2.75) is 40.0 Å². The molecule has 2 aromatic rings. The number of anilines is 1. The van der Waals surface area contributed by atoms with Crippen molar-refractivity contribution in [2.75, 3.05) is 5.32 Å². The molecule has 19 heavy (non-hydrogen) atoms. The molecule has 1 amide bonds. The SMILES string of the molecule is Cc1noc(NC(=O)c2n[nH]c(C(C)(C)C)n2)c1C. The second-order valence-corrected chi connectivity index (χ2v) is 5.43. The molecule has 0 unspecified atom stereocenters. The van der Waals surface area contributed by atoms with Crippen LogP contribution in [0, 0.1) is 13.8 Å². The van der Waals surface area contributed by atoms with Gasteiger partial charge in [0.1, 0.15) is 5.82 Å². The van der Waals surface area contributed by atoms with E-state index in [1.807, 2.05) is 27.7 Å². The predicted octanol–water partition coefficient (Wildman–Crippen LogP) is 1.96. The number of hydrogen-bond acceptors (Lipinski definition) is 5. The van der Waals surface area contributed by atoms with E-state index in [1.165, 1.54) is 0 Å². The van der Waals surface area contributed by atoms with E-state index in [4.69, 9.17) is 4.52 Å². The molecule has 0 aliphatic rings. The second-order valence-electron chi connectivity index (χ2n) is 5.43. The monoisotopic (exact) mass is 263 g/mol. The van der Waals surface area contributed by atoms with Crippen LogP contribution >= 0.6 is 0 Å². The average molecular weight is 263 g/mol. The highest BCUT2D eigenvalue weighted by molar-refractivity contribution is 6.01. The van der Waals surface area contributed by atoms with Crippen LogP contribution in [0.1, 0.15) is 48.5 Å². The minimum Gasteiger partial charge on any atom is -0.338 e. The van der Waals surface area contributed by atoms with Crippen LogP contribution in [-0.2, 0) is 5.41 Å². The molecule has 0 bridgehead atoms. The van der Waals surface area contributed by atoms with Gasteiger partial charge >= 0.3 is 0 Å². The molecule has 0 fully saturated rings. The molecule has 0 saturated heterocycles. The first-order valence-electron chi connectivity index (χ1n) is 5.96. The highest BCUT2D eigenvalue weighted by Gasteiger charge is 2.22. The zero-order valence-electron chi connectivity index (χ0n) is 11.7. The van der Waals surface area contributed by atoms with E-state index < -0.39 is 5.91 Å². The van der Waals surface area contributed by atoms with Gasteiger partial charge < -0.3 is 4.52 Å². The number of aromatic nitrogens is 4. The second kappa shape index (κ2) is 4.49. The molecule has 2 heterocycles. The molecule has 0 aromatic carbocycles. The summed E-state index contributed by atoms with van der Waals surface area (Å²) in [6, 6.07) is 0. The summed E-state index contributed by atoms with van der Waals surface area (Å²) in [7, 11) is 0. The van der Waals surface area contributed by atoms with E-state index in [1.54, 1.807) is 6.92 Å². The number of amides is 1. The molecule has 0 saturated carbocycles. The van der Waals surface area contributed by atoms with Gasteiger partial charge in [-0.05, 0) is 13.8 Å². The topological polar surface area (TPSA) is 96.7 Å². The Morgan fingerprint density at radius 3 is 2.47 bits per heavy atom. The minimum atomic E-state index is -0.425. The van der Waals surface area contributed by atoms with Gasteiger partial charge in [0, 0.05) is 11.0 Å². The number of nitrogens with one attached hydrogen (secondary N) is 2. The third-order valence-electron chi connectivity index (χ3n) is 2.78. The smallest absolute Gasteiger partial charge is 0.297 e. The highest BCUT2D eigenvalue weighted by atomic mass is 16.5. The van der Waals surface area contributed by atoms with Gasteiger partial charge in [-0.2, -0.15) is 0 Å². The van der Waals surface area contributed by atoms with Gasteiger partial charge in [0.25, 0.3) is 5.91 Å². The van der Waals surface area contributed by atoms with Gasteiger partial charge in [0.2, 0.25) is 11.7 Å². The van der Waals surface area contributed by atoms with E-state index in [-0.39, 0.29) is 11.2 Å². The zero-order chi connectivity index (χ0) is 14.2. The van der Waals surface area contributed by atoms with Crippen LogP contribution < -0.4 is 5.32 Å². The lowest BCUT2D eigenvalue weighted by atomic mass is 9.96. The third-order valence-corrected chi connectivity index (χ3v) is 2.78. The van der Waals surface area contributed by atoms with Crippen LogP contribution in [-0.4, -0.2) is 26.2 Å². The van der Waals surface area contributed by atoms with E-state index >= 15 is 0 Å². The fraction of sp³-hybridized carbons (Fsp3) is 0.500. The average Bonchev–Trinajstić information content (AvgIpc) is 2.91. The lowest BCUT2D eigenvalue weighted by Crippen LogP contribution is -2.16. The summed E-state index contributed by atoms with van der Waals surface area (Å²) in [6.45, 7) is 9.58. The third kappa shape index (κ3) is 2.64. The summed E-state index contributed by atoms with van der Waals surface area (Å²) < 4.78 is 5.01. The van der Waals surface area contributed by atoms with Crippen LogP contribution in [0.3, 0.4) is 0 Å². The standard InChI is InChI=1S/C12H17N5O2/c1-6-7(2)17-19-10(6)14-9(18)8-13-11(16-15-8)12(3,4)5/h1-5H3,(H,14,18)(H,13,15,16). The van der Waals surface area contributed by atoms with Crippen molar-refractivity contribution in [3.05, 3.63) is 22.9 Å². The van der Waals surface area contributed by atoms with Crippen molar-refractivity contribution >= 4 is 11.8 Å². The van der Waals surface area contributed by atoms with Gasteiger partial charge in [-0.1, -0.05) is 25.9 Å². The van der Waals surface area contributed by atoms with Crippen LogP contribution in [0.15, 0.2) is 4.52 Å². The number of H-pyrrole nitrogens is 1. The number of carbonyl (C=O) groups is 1. The van der Waals surface area contributed by atoms with Crippen LogP contribution in [0.4, 0.5) is 5.88 Å². The fourth-order valence-electron chi connectivity index (χ4n) is 1.39. The quantitative estimate of drug-likeness (QED) is 0.863. The van der Waals surface area contributed by atoms with E-state index in [9.17, 15) is 4.79 Å². The summed E-state index contributed by atoms with van der Waals surface area (Å²) in [5.41, 5.74) is 1.34. The lowest BCUT2D eigenvalue weighted by Gasteiger charge is -2.12. The van der Waals surface area contributed by atoms with Gasteiger partial charge in [0.05, 0.1) is 5.69 Å². The summed E-state index contributed by atoms with van der Waals surface area (Å²) >= 11 is 0. The van der Waals surface area contributed by atoms with Crippen molar-refractivity contribution in [1.29, 1.82) is 0 Å². The zero-order valence-corrected chi connectivity index (χ0v) is 11.7. The maximum Gasteiger partial charge on any atom is 0.297 e. The molecule has 0 spiro atoms. The maximum absolute atomic E-state index is 12.0. The fourth-order valence-corrected chi connectivity index (χ4v) is 1.39. The Balaban J connectivity index is 2.17. The molecule has 2 N–H and O–H groups in total. The largest absolute Gasteiger partial charge is 0.338 e. The number of nitrogens with zero attached hydrogens (tertiary/aromatic N) is 3.